The van der Waals surface area contributed by atoms with Crippen molar-refractivity contribution in [3.05, 3.63) is 23.0 Å². The molecule has 0 aliphatic carbocycles. The van der Waals surface area contributed by atoms with E-state index in [9.17, 15) is 14.3 Å². The fourth-order valence-corrected chi connectivity index (χ4v) is 4.27. The van der Waals surface area contributed by atoms with Crippen LogP contribution in [-0.2, 0) is 0 Å². The Morgan fingerprint density at radius 1 is 1.55 bits per heavy atom. The average molecular weight is 296 g/mol. The van der Waals surface area contributed by atoms with Crippen molar-refractivity contribution in [2.45, 2.75) is 30.4 Å². The van der Waals surface area contributed by atoms with E-state index in [-0.39, 0.29) is 29.4 Å². The number of β-amino-alcohol motifs (C(OH)–C–C–N with tert-alkyl or cyclic N) is 1. The minimum absolute atomic E-state index is 0.0477. The molecular formula is C14H17FN2O2S. The maximum Gasteiger partial charge on any atom is 0.184 e. The van der Waals surface area contributed by atoms with Crippen molar-refractivity contribution in [3.8, 4) is 0 Å². The van der Waals surface area contributed by atoms with Crippen molar-refractivity contribution < 1.29 is 14.3 Å². The number of nitrogen functional groups attached to an aromatic ring is 1. The number of carbonyl (C=O) groups excluding carboxylic acids is 1. The molecule has 4 nitrogen and oxygen atoms in total. The molecule has 1 aromatic rings. The summed E-state index contributed by atoms with van der Waals surface area (Å²) in [5, 5.41) is 9.61. The first-order valence-corrected chi connectivity index (χ1v) is 7.65. The second kappa shape index (κ2) is 5.02. The van der Waals surface area contributed by atoms with Crippen molar-refractivity contribution in [2.24, 2.45) is 0 Å². The number of ketones is 1. The molecule has 0 radical (unpaired) electrons. The van der Waals surface area contributed by atoms with Gasteiger partial charge in [0, 0.05) is 29.4 Å². The maximum atomic E-state index is 13.7. The number of fused-ring (bicyclic) bond motifs is 1. The molecule has 0 spiro atoms. The number of aliphatic hydroxyl groups is 1. The SMILES string of the molecule is Cc1c(F)cc(N)c2c1SCC(N1CC[C@@H](O)C1)C2=O. The van der Waals surface area contributed by atoms with Gasteiger partial charge in [-0.1, -0.05) is 0 Å². The molecule has 3 rings (SSSR count). The van der Waals surface area contributed by atoms with Gasteiger partial charge in [-0.05, 0) is 25.0 Å². The van der Waals surface area contributed by atoms with E-state index in [2.05, 4.69) is 0 Å². The molecule has 1 aromatic carbocycles. The normalized spacial score (nSPS) is 26.9. The lowest BCUT2D eigenvalue weighted by Gasteiger charge is -2.31. The van der Waals surface area contributed by atoms with Gasteiger partial charge in [0.05, 0.1) is 17.7 Å². The zero-order chi connectivity index (χ0) is 14.4. The molecule has 6 heteroatoms. The summed E-state index contributed by atoms with van der Waals surface area (Å²) in [5.74, 6) is 0.174. The third-order valence-corrected chi connectivity index (χ3v) is 5.35. The van der Waals surface area contributed by atoms with Crippen LogP contribution in [-0.4, -0.2) is 46.8 Å². The lowest BCUT2D eigenvalue weighted by molar-refractivity contribution is 0.0846. The van der Waals surface area contributed by atoms with Gasteiger partial charge in [-0.15, -0.1) is 11.8 Å². The minimum Gasteiger partial charge on any atom is -0.398 e. The molecular weight excluding hydrogens is 279 g/mol. The summed E-state index contributed by atoms with van der Waals surface area (Å²) in [4.78, 5) is 15.3. The number of hydrogen-bond acceptors (Lipinski definition) is 5. The van der Waals surface area contributed by atoms with E-state index in [0.29, 0.717) is 41.3 Å². The van der Waals surface area contributed by atoms with Crippen LogP contribution in [0.1, 0.15) is 22.3 Å². The number of anilines is 1. The molecule has 2 aliphatic rings. The quantitative estimate of drug-likeness (QED) is 0.768. The van der Waals surface area contributed by atoms with Gasteiger partial charge in [0.1, 0.15) is 5.82 Å². The van der Waals surface area contributed by atoms with Crippen LogP contribution < -0.4 is 5.73 Å². The number of aliphatic hydroxyl groups excluding tert-OH is 1. The highest BCUT2D eigenvalue weighted by molar-refractivity contribution is 7.99. The van der Waals surface area contributed by atoms with Crippen LogP contribution in [0, 0.1) is 12.7 Å². The van der Waals surface area contributed by atoms with Gasteiger partial charge in [0.25, 0.3) is 0 Å². The van der Waals surface area contributed by atoms with Crippen LogP contribution in [0.4, 0.5) is 10.1 Å². The highest BCUT2D eigenvalue weighted by Gasteiger charge is 2.37. The van der Waals surface area contributed by atoms with Crippen LogP contribution >= 0.6 is 11.8 Å². The lowest BCUT2D eigenvalue weighted by Crippen LogP contribution is -2.44. The molecule has 20 heavy (non-hydrogen) atoms. The molecule has 108 valence electrons. The number of rotatable bonds is 1. The van der Waals surface area contributed by atoms with Gasteiger partial charge in [0.15, 0.2) is 5.78 Å². The topological polar surface area (TPSA) is 66.6 Å². The number of Topliss-reactive ketones (excluding diaryl/α,β-unsaturated/α-hetero) is 1. The molecule has 1 unspecified atom stereocenters. The molecule has 3 N–H and O–H groups in total. The smallest absolute Gasteiger partial charge is 0.184 e. The third kappa shape index (κ3) is 2.12. The van der Waals surface area contributed by atoms with Crippen molar-refractivity contribution in [1.29, 1.82) is 0 Å². The Labute approximate surface area is 121 Å². The Hall–Kier alpha value is -1.11. The van der Waals surface area contributed by atoms with Gasteiger partial charge in [0.2, 0.25) is 0 Å². The molecule has 1 saturated heterocycles. The van der Waals surface area contributed by atoms with Crippen molar-refractivity contribution >= 4 is 23.2 Å². The van der Waals surface area contributed by atoms with E-state index in [1.807, 2.05) is 4.90 Å². The predicted molar refractivity (Wildman–Crippen MR) is 76.6 cm³/mol. The Bertz CT molecular complexity index is 579. The molecule has 0 amide bonds. The Kier molecular flexibility index (Phi) is 3.48. The van der Waals surface area contributed by atoms with Gasteiger partial charge in [-0.3, -0.25) is 9.69 Å². The molecule has 0 bridgehead atoms. The van der Waals surface area contributed by atoms with Crippen LogP contribution in [0.3, 0.4) is 0 Å². The molecule has 0 aromatic heterocycles. The lowest BCUT2D eigenvalue weighted by atomic mass is 9.99. The zero-order valence-corrected chi connectivity index (χ0v) is 12.0. The van der Waals surface area contributed by atoms with E-state index in [1.165, 1.54) is 17.8 Å². The largest absolute Gasteiger partial charge is 0.398 e. The Morgan fingerprint density at radius 2 is 2.30 bits per heavy atom. The van der Waals surface area contributed by atoms with E-state index >= 15 is 0 Å². The minimum atomic E-state index is -0.364. The predicted octanol–water partition coefficient (Wildman–Crippen LogP) is 1.44. The second-order valence-electron chi connectivity index (χ2n) is 5.41. The molecule has 1 fully saturated rings. The molecule has 2 heterocycles. The number of hydrogen-bond donors (Lipinski definition) is 2. The third-order valence-electron chi connectivity index (χ3n) is 4.07. The van der Waals surface area contributed by atoms with Crippen LogP contribution in [0.25, 0.3) is 0 Å². The van der Waals surface area contributed by atoms with Crippen LogP contribution in [0.15, 0.2) is 11.0 Å². The van der Waals surface area contributed by atoms with E-state index in [1.54, 1.807) is 6.92 Å². The summed E-state index contributed by atoms with van der Waals surface area (Å²) in [5.41, 5.74) is 7.00. The first-order chi connectivity index (χ1) is 9.49. The number of halogens is 1. The fourth-order valence-electron chi connectivity index (χ4n) is 2.91. The Balaban J connectivity index is 1.97. The van der Waals surface area contributed by atoms with E-state index < -0.39 is 0 Å². The number of nitrogens with two attached hydrogens (primary N) is 1. The molecule has 2 aliphatic heterocycles. The first kappa shape index (κ1) is 13.9. The van der Waals surface area contributed by atoms with Crippen LogP contribution in [0.5, 0.6) is 0 Å². The molecule has 0 saturated carbocycles. The number of thioether (sulfide) groups is 1. The van der Waals surface area contributed by atoms with Crippen molar-refractivity contribution in [2.75, 3.05) is 24.6 Å². The zero-order valence-electron chi connectivity index (χ0n) is 11.2. The molecule has 2 atom stereocenters. The monoisotopic (exact) mass is 296 g/mol. The van der Waals surface area contributed by atoms with Gasteiger partial charge in [-0.25, -0.2) is 4.39 Å². The number of likely N-dealkylation sites (tertiary alicyclic amines) is 1. The highest BCUT2D eigenvalue weighted by Crippen LogP contribution is 2.39. The summed E-state index contributed by atoms with van der Waals surface area (Å²) < 4.78 is 13.7. The van der Waals surface area contributed by atoms with Gasteiger partial charge < -0.3 is 10.8 Å². The van der Waals surface area contributed by atoms with E-state index in [0.717, 1.165) is 0 Å². The summed E-state index contributed by atoms with van der Waals surface area (Å²) in [6.07, 6.45) is 0.334. The first-order valence-electron chi connectivity index (χ1n) is 6.66. The number of nitrogens with zero attached hydrogens (tertiary/aromatic N) is 1. The Morgan fingerprint density at radius 3 is 2.95 bits per heavy atom. The maximum absolute atomic E-state index is 13.7. The summed E-state index contributed by atoms with van der Waals surface area (Å²) in [6.45, 7) is 2.91. The van der Waals surface area contributed by atoms with E-state index in [4.69, 9.17) is 5.73 Å². The summed E-state index contributed by atoms with van der Waals surface area (Å²) in [6, 6.07) is 0.963. The summed E-state index contributed by atoms with van der Waals surface area (Å²) in [7, 11) is 0. The number of carbonyl (C=O) groups is 1. The van der Waals surface area contributed by atoms with Crippen molar-refractivity contribution in [3.63, 3.8) is 0 Å². The highest BCUT2D eigenvalue weighted by atomic mass is 32.2. The fraction of sp³-hybridized carbons (Fsp3) is 0.500. The standard InChI is InChI=1S/C14H17FN2O2S/c1-7-9(15)4-10(16)12-13(19)11(6-20-14(7)12)17-3-2-8(18)5-17/h4,8,11,18H,2-3,5-6,16H2,1H3/t8-,11?/m1/s1. The van der Waals surface area contributed by atoms with Gasteiger partial charge in [-0.2, -0.15) is 0 Å². The summed E-state index contributed by atoms with van der Waals surface area (Å²) >= 11 is 1.48. The second-order valence-corrected chi connectivity index (χ2v) is 6.44. The van der Waals surface area contributed by atoms with Crippen molar-refractivity contribution in [1.82, 2.24) is 4.90 Å². The average Bonchev–Trinajstić information content (AvgIpc) is 2.82. The van der Waals surface area contributed by atoms with Crippen LogP contribution in [0.2, 0.25) is 0 Å². The number of benzene rings is 1. The van der Waals surface area contributed by atoms with Gasteiger partial charge >= 0.3 is 0 Å².